The third kappa shape index (κ3) is 3.87. The molecule has 2 unspecified atom stereocenters. The molecule has 1 aliphatic rings. The van der Waals surface area contributed by atoms with Crippen molar-refractivity contribution < 1.29 is 0 Å². The van der Waals surface area contributed by atoms with Gasteiger partial charge in [0.25, 0.3) is 0 Å². The minimum absolute atomic E-state index is 0.634. The van der Waals surface area contributed by atoms with Gasteiger partial charge in [-0.1, -0.05) is 26.2 Å². The standard InChI is InChI=1S/C17H29N3/c1-4-14-8-7-9-15(12-14)19-16-10-11-17(18-13-16)20(5-2)6-3/h10-11,13-15,19H,4-9,12H2,1-3H3. The summed E-state index contributed by atoms with van der Waals surface area (Å²) in [5, 5.41) is 3.67. The summed E-state index contributed by atoms with van der Waals surface area (Å²) in [5.74, 6) is 1.99. The summed E-state index contributed by atoms with van der Waals surface area (Å²) in [7, 11) is 0. The largest absolute Gasteiger partial charge is 0.381 e. The summed E-state index contributed by atoms with van der Waals surface area (Å²) in [4.78, 5) is 6.86. The summed E-state index contributed by atoms with van der Waals surface area (Å²) in [6.45, 7) is 8.68. The molecule has 1 heterocycles. The molecule has 112 valence electrons. The van der Waals surface area contributed by atoms with Crippen LogP contribution in [0.2, 0.25) is 0 Å². The Balaban J connectivity index is 1.93. The van der Waals surface area contributed by atoms with Crippen LogP contribution >= 0.6 is 0 Å². The Labute approximate surface area is 123 Å². The average Bonchev–Trinajstić information content (AvgIpc) is 2.50. The van der Waals surface area contributed by atoms with Crippen LogP contribution in [-0.4, -0.2) is 24.1 Å². The van der Waals surface area contributed by atoms with Crippen LogP contribution in [0.5, 0.6) is 0 Å². The van der Waals surface area contributed by atoms with Crippen LogP contribution < -0.4 is 10.2 Å². The van der Waals surface area contributed by atoms with Crippen LogP contribution in [0.1, 0.15) is 52.9 Å². The number of hydrogen-bond acceptors (Lipinski definition) is 3. The smallest absolute Gasteiger partial charge is 0.128 e. The number of rotatable bonds is 6. The zero-order valence-electron chi connectivity index (χ0n) is 13.2. The van der Waals surface area contributed by atoms with E-state index in [1.54, 1.807) is 0 Å². The molecule has 1 aromatic rings. The van der Waals surface area contributed by atoms with Crippen molar-refractivity contribution in [2.24, 2.45) is 5.92 Å². The van der Waals surface area contributed by atoms with E-state index in [0.717, 1.165) is 24.8 Å². The number of aromatic nitrogens is 1. The normalized spacial score (nSPS) is 22.6. The molecule has 1 N–H and O–H groups in total. The lowest BCUT2D eigenvalue weighted by atomic mass is 9.84. The first-order chi connectivity index (χ1) is 9.76. The van der Waals surface area contributed by atoms with E-state index in [4.69, 9.17) is 0 Å². The van der Waals surface area contributed by atoms with E-state index in [2.05, 4.69) is 48.1 Å². The van der Waals surface area contributed by atoms with E-state index < -0.39 is 0 Å². The Morgan fingerprint density at radius 1 is 1.20 bits per heavy atom. The molecular formula is C17H29N3. The fourth-order valence-electron chi connectivity index (χ4n) is 3.23. The number of nitrogens with one attached hydrogen (secondary N) is 1. The van der Waals surface area contributed by atoms with Gasteiger partial charge < -0.3 is 10.2 Å². The maximum atomic E-state index is 4.59. The van der Waals surface area contributed by atoms with Gasteiger partial charge in [-0.05, 0) is 44.7 Å². The second-order valence-electron chi connectivity index (χ2n) is 5.86. The Hall–Kier alpha value is -1.25. The van der Waals surface area contributed by atoms with Crippen molar-refractivity contribution in [3.8, 4) is 0 Å². The maximum Gasteiger partial charge on any atom is 0.128 e. The van der Waals surface area contributed by atoms with Gasteiger partial charge in [0, 0.05) is 19.1 Å². The topological polar surface area (TPSA) is 28.2 Å². The minimum Gasteiger partial charge on any atom is -0.381 e. The molecule has 1 aromatic heterocycles. The molecule has 0 aliphatic heterocycles. The predicted octanol–water partition coefficient (Wildman–Crippen LogP) is 4.31. The van der Waals surface area contributed by atoms with Gasteiger partial charge in [-0.2, -0.15) is 0 Å². The quantitative estimate of drug-likeness (QED) is 0.838. The van der Waals surface area contributed by atoms with Crippen LogP contribution in [0.3, 0.4) is 0 Å². The summed E-state index contributed by atoms with van der Waals surface area (Å²) in [6.07, 6.45) is 8.69. The lowest BCUT2D eigenvalue weighted by Gasteiger charge is -2.30. The van der Waals surface area contributed by atoms with Crippen molar-refractivity contribution in [1.82, 2.24) is 4.98 Å². The third-order valence-electron chi connectivity index (χ3n) is 4.57. The van der Waals surface area contributed by atoms with Gasteiger partial charge in [-0.25, -0.2) is 4.98 Å². The lowest BCUT2D eigenvalue weighted by Crippen LogP contribution is -2.27. The molecule has 3 nitrogen and oxygen atoms in total. The molecule has 2 rings (SSSR count). The van der Waals surface area contributed by atoms with Crippen LogP contribution in [0, 0.1) is 5.92 Å². The van der Waals surface area contributed by atoms with E-state index in [1.807, 2.05) is 6.20 Å². The van der Waals surface area contributed by atoms with Gasteiger partial charge in [0.1, 0.15) is 5.82 Å². The van der Waals surface area contributed by atoms with Crippen molar-refractivity contribution in [3.63, 3.8) is 0 Å². The number of anilines is 2. The van der Waals surface area contributed by atoms with Gasteiger partial charge >= 0.3 is 0 Å². The van der Waals surface area contributed by atoms with Gasteiger partial charge in [0.15, 0.2) is 0 Å². The van der Waals surface area contributed by atoms with Gasteiger partial charge in [-0.3, -0.25) is 0 Å². The number of pyridine rings is 1. The molecule has 1 saturated carbocycles. The first kappa shape index (κ1) is 15.1. The van der Waals surface area contributed by atoms with E-state index in [-0.39, 0.29) is 0 Å². The minimum atomic E-state index is 0.634. The highest BCUT2D eigenvalue weighted by Gasteiger charge is 2.20. The Kier molecular flexibility index (Phi) is 5.69. The molecular weight excluding hydrogens is 246 g/mol. The fraction of sp³-hybridized carbons (Fsp3) is 0.706. The zero-order valence-corrected chi connectivity index (χ0v) is 13.2. The number of hydrogen-bond donors (Lipinski definition) is 1. The molecule has 3 heteroatoms. The van der Waals surface area contributed by atoms with Crippen molar-refractivity contribution >= 4 is 11.5 Å². The molecule has 1 fully saturated rings. The molecule has 0 spiro atoms. The van der Waals surface area contributed by atoms with Crippen LogP contribution in [0.15, 0.2) is 18.3 Å². The van der Waals surface area contributed by atoms with Gasteiger partial charge in [0.05, 0.1) is 11.9 Å². The summed E-state index contributed by atoms with van der Waals surface area (Å²) in [6, 6.07) is 4.95. The number of nitrogens with zero attached hydrogens (tertiary/aromatic N) is 2. The summed E-state index contributed by atoms with van der Waals surface area (Å²) >= 11 is 0. The van der Waals surface area contributed by atoms with Crippen molar-refractivity contribution in [1.29, 1.82) is 0 Å². The van der Waals surface area contributed by atoms with Crippen LogP contribution in [-0.2, 0) is 0 Å². The van der Waals surface area contributed by atoms with E-state index in [1.165, 1.54) is 37.8 Å². The Morgan fingerprint density at radius 3 is 2.60 bits per heavy atom. The molecule has 0 amide bonds. The van der Waals surface area contributed by atoms with E-state index in [9.17, 15) is 0 Å². The molecule has 0 bridgehead atoms. The maximum absolute atomic E-state index is 4.59. The van der Waals surface area contributed by atoms with E-state index in [0.29, 0.717) is 6.04 Å². The Bertz CT molecular complexity index is 384. The molecule has 20 heavy (non-hydrogen) atoms. The average molecular weight is 275 g/mol. The highest BCUT2D eigenvalue weighted by Crippen LogP contribution is 2.28. The van der Waals surface area contributed by atoms with Crippen molar-refractivity contribution in [2.75, 3.05) is 23.3 Å². The second-order valence-corrected chi connectivity index (χ2v) is 5.86. The Morgan fingerprint density at radius 2 is 2.00 bits per heavy atom. The molecule has 0 radical (unpaired) electrons. The van der Waals surface area contributed by atoms with Gasteiger partial charge in [0.2, 0.25) is 0 Å². The highest BCUT2D eigenvalue weighted by atomic mass is 15.2. The van der Waals surface area contributed by atoms with E-state index >= 15 is 0 Å². The molecule has 0 saturated heterocycles. The predicted molar refractivity (Wildman–Crippen MR) is 87.5 cm³/mol. The second kappa shape index (κ2) is 7.51. The fourth-order valence-corrected chi connectivity index (χ4v) is 3.23. The van der Waals surface area contributed by atoms with Crippen molar-refractivity contribution in [3.05, 3.63) is 18.3 Å². The highest BCUT2D eigenvalue weighted by molar-refractivity contribution is 5.49. The SMILES string of the molecule is CCC1CCCC(Nc2ccc(N(CC)CC)nc2)C1. The monoisotopic (exact) mass is 275 g/mol. The lowest BCUT2D eigenvalue weighted by molar-refractivity contribution is 0.327. The third-order valence-corrected chi connectivity index (χ3v) is 4.57. The zero-order chi connectivity index (χ0) is 14.4. The van der Waals surface area contributed by atoms with Gasteiger partial charge in [-0.15, -0.1) is 0 Å². The molecule has 0 aromatic carbocycles. The molecule has 1 aliphatic carbocycles. The van der Waals surface area contributed by atoms with Crippen LogP contribution in [0.4, 0.5) is 11.5 Å². The van der Waals surface area contributed by atoms with Crippen molar-refractivity contribution in [2.45, 2.75) is 58.9 Å². The van der Waals surface area contributed by atoms with Crippen LogP contribution in [0.25, 0.3) is 0 Å². The molecule has 2 atom stereocenters. The first-order valence-corrected chi connectivity index (χ1v) is 8.24. The first-order valence-electron chi connectivity index (χ1n) is 8.24. The summed E-state index contributed by atoms with van der Waals surface area (Å²) in [5.41, 5.74) is 1.17. The summed E-state index contributed by atoms with van der Waals surface area (Å²) < 4.78 is 0.